The molecule has 0 bridgehead atoms. The number of nitrogens with zero attached hydrogens (tertiary/aromatic N) is 1. The maximum atomic E-state index is 7.05. The second-order valence-electron chi connectivity index (χ2n) is 1.88. The molecule has 0 aliphatic heterocycles. The van der Waals surface area contributed by atoms with Crippen molar-refractivity contribution in [3.63, 3.8) is 0 Å². The molecule has 4 heteroatoms. The molecule has 0 aliphatic carbocycles. The lowest BCUT2D eigenvalue weighted by molar-refractivity contribution is 1.31. The van der Waals surface area contributed by atoms with Crippen LogP contribution in [-0.2, 0) is 0 Å². The first-order chi connectivity index (χ1) is 4.72. The van der Waals surface area contributed by atoms with Crippen LogP contribution in [0.4, 0.5) is 5.69 Å². The minimum atomic E-state index is -0.0279. The number of hydrogen-bond acceptors (Lipinski definition) is 3. The Morgan fingerprint density at radius 2 is 2.30 bits per heavy atom. The molecule has 0 saturated carbocycles. The molecule has 0 saturated heterocycles. The zero-order valence-corrected chi connectivity index (χ0v) is 5.33. The van der Waals surface area contributed by atoms with Crippen LogP contribution in [0.15, 0.2) is 18.5 Å². The quantitative estimate of drug-likeness (QED) is 0.373. The van der Waals surface area contributed by atoms with Crippen LogP contribution in [0.2, 0.25) is 0 Å². The lowest BCUT2D eigenvalue weighted by Crippen LogP contribution is -2.13. The van der Waals surface area contributed by atoms with E-state index in [1.54, 1.807) is 12.3 Å². The first-order valence-electron chi connectivity index (χ1n) is 2.75. The Balaban J connectivity index is 3.15. The molecule has 0 radical (unpaired) electrons. The summed E-state index contributed by atoms with van der Waals surface area (Å²) >= 11 is 0. The van der Waals surface area contributed by atoms with Crippen molar-refractivity contribution in [3.8, 4) is 0 Å². The average molecular weight is 136 g/mol. The van der Waals surface area contributed by atoms with Crippen molar-refractivity contribution in [2.75, 3.05) is 5.73 Å². The van der Waals surface area contributed by atoms with Crippen molar-refractivity contribution in [3.05, 3.63) is 24.0 Å². The molecule has 0 spiro atoms. The largest absolute Gasteiger partial charge is 0.397 e. The second kappa shape index (κ2) is 2.34. The molecule has 5 N–H and O–H groups in total. The van der Waals surface area contributed by atoms with E-state index in [0.717, 1.165) is 0 Å². The van der Waals surface area contributed by atoms with E-state index in [9.17, 15) is 0 Å². The molecular formula is C6H8N4. The Morgan fingerprint density at radius 1 is 1.60 bits per heavy atom. The number of amidine groups is 1. The molecule has 10 heavy (non-hydrogen) atoms. The normalized spacial score (nSPS) is 9.20. The number of anilines is 1. The van der Waals surface area contributed by atoms with Crippen LogP contribution in [0, 0.1) is 5.41 Å². The highest BCUT2D eigenvalue weighted by Gasteiger charge is 1.98. The molecular weight excluding hydrogens is 128 g/mol. The Morgan fingerprint density at radius 3 is 2.70 bits per heavy atom. The first-order valence-corrected chi connectivity index (χ1v) is 2.75. The Kier molecular flexibility index (Phi) is 1.53. The molecule has 1 rings (SSSR count). The third kappa shape index (κ3) is 1.05. The molecule has 1 aromatic heterocycles. The van der Waals surface area contributed by atoms with Gasteiger partial charge >= 0.3 is 0 Å². The van der Waals surface area contributed by atoms with Gasteiger partial charge in [-0.25, -0.2) is 0 Å². The highest BCUT2D eigenvalue weighted by atomic mass is 14.7. The Hall–Kier alpha value is -1.58. The van der Waals surface area contributed by atoms with Crippen LogP contribution in [0.3, 0.4) is 0 Å². The number of nitrogen functional groups attached to an aromatic ring is 2. The van der Waals surface area contributed by atoms with Crippen molar-refractivity contribution in [1.29, 1.82) is 5.41 Å². The summed E-state index contributed by atoms with van der Waals surface area (Å²) in [4.78, 5) is 3.75. The number of nitrogens with two attached hydrogens (primary N) is 2. The molecule has 0 unspecified atom stereocenters. The zero-order chi connectivity index (χ0) is 7.56. The fourth-order valence-electron chi connectivity index (χ4n) is 0.652. The highest BCUT2D eigenvalue weighted by molar-refractivity contribution is 5.99. The minimum Gasteiger partial charge on any atom is -0.397 e. The van der Waals surface area contributed by atoms with Crippen LogP contribution in [0.5, 0.6) is 0 Å². The van der Waals surface area contributed by atoms with Gasteiger partial charge in [0.15, 0.2) is 0 Å². The fourth-order valence-corrected chi connectivity index (χ4v) is 0.652. The van der Waals surface area contributed by atoms with Crippen molar-refractivity contribution in [1.82, 2.24) is 4.98 Å². The van der Waals surface area contributed by atoms with Gasteiger partial charge in [0, 0.05) is 11.8 Å². The predicted molar refractivity (Wildman–Crippen MR) is 39.7 cm³/mol. The van der Waals surface area contributed by atoms with E-state index in [-0.39, 0.29) is 5.84 Å². The van der Waals surface area contributed by atoms with E-state index in [0.29, 0.717) is 11.3 Å². The first kappa shape index (κ1) is 6.54. The summed E-state index contributed by atoms with van der Waals surface area (Å²) in [5, 5.41) is 7.05. The van der Waals surface area contributed by atoms with Crippen molar-refractivity contribution < 1.29 is 0 Å². The summed E-state index contributed by atoms with van der Waals surface area (Å²) in [6.45, 7) is 0. The summed E-state index contributed by atoms with van der Waals surface area (Å²) in [6, 6.07) is 1.61. The Bertz CT molecular complexity index is 256. The maximum absolute atomic E-state index is 7.05. The molecule has 0 fully saturated rings. The van der Waals surface area contributed by atoms with Crippen LogP contribution in [0.25, 0.3) is 0 Å². The number of rotatable bonds is 1. The van der Waals surface area contributed by atoms with Crippen molar-refractivity contribution in [2.45, 2.75) is 0 Å². The summed E-state index contributed by atoms with van der Waals surface area (Å²) in [7, 11) is 0. The van der Waals surface area contributed by atoms with Crippen LogP contribution < -0.4 is 11.5 Å². The van der Waals surface area contributed by atoms with Crippen molar-refractivity contribution in [2.24, 2.45) is 5.73 Å². The van der Waals surface area contributed by atoms with E-state index < -0.39 is 0 Å². The van der Waals surface area contributed by atoms with E-state index in [4.69, 9.17) is 16.9 Å². The molecule has 1 heterocycles. The maximum Gasteiger partial charge on any atom is 0.124 e. The topological polar surface area (TPSA) is 88.8 Å². The van der Waals surface area contributed by atoms with E-state index in [1.165, 1.54) is 6.20 Å². The molecule has 52 valence electrons. The van der Waals surface area contributed by atoms with Gasteiger partial charge in [0.2, 0.25) is 0 Å². The van der Waals surface area contributed by atoms with E-state index in [2.05, 4.69) is 4.98 Å². The lowest BCUT2D eigenvalue weighted by Gasteiger charge is -1.99. The van der Waals surface area contributed by atoms with Gasteiger partial charge in [-0.15, -0.1) is 0 Å². The molecule has 4 nitrogen and oxygen atoms in total. The monoisotopic (exact) mass is 136 g/mol. The van der Waals surface area contributed by atoms with Gasteiger partial charge in [0.25, 0.3) is 0 Å². The van der Waals surface area contributed by atoms with Gasteiger partial charge in [0.1, 0.15) is 5.84 Å². The van der Waals surface area contributed by atoms with Crippen LogP contribution in [-0.4, -0.2) is 10.8 Å². The fraction of sp³-hybridized carbons (Fsp3) is 0. The number of aromatic nitrogens is 1. The predicted octanol–water partition coefficient (Wildman–Crippen LogP) is -0.0521. The van der Waals surface area contributed by atoms with Crippen LogP contribution >= 0.6 is 0 Å². The second-order valence-corrected chi connectivity index (χ2v) is 1.88. The molecule has 0 amide bonds. The number of hydrogen-bond donors (Lipinski definition) is 3. The average Bonchev–Trinajstić information content (AvgIpc) is 1.88. The van der Waals surface area contributed by atoms with Gasteiger partial charge in [-0.3, -0.25) is 10.4 Å². The van der Waals surface area contributed by atoms with Gasteiger partial charge in [-0.05, 0) is 6.07 Å². The summed E-state index contributed by atoms with van der Waals surface area (Å²) in [5.74, 6) is -0.0279. The summed E-state index contributed by atoms with van der Waals surface area (Å²) in [5.41, 5.74) is 11.6. The highest BCUT2D eigenvalue weighted by Crippen LogP contribution is 2.05. The van der Waals surface area contributed by atoms with Gasteiger partial charge in [-0.2, -0.15) is 0 Å². The minimum absolute atomic E-state index is 0.0279. The van der Waals surface area contributed by atoms with E-state index >= 15 is 0 Å². The molecule has 0 aliphatic rings. The Labute approximate surface area is 58.4 Å². The molecule has 0 atom stereocenters. The van der Waals surface area contributed by atoms with Crippen molar-refractivity contribution >= 4 is 11.5 Å². The number of pyridine rings is 1. The summed E-state index contributed by atoms with van der Waals surface area (Å²) in [6.07, 6.45) is 3.02. The van der Waals surface area contributed by atoms with Gasteiger partial charge in [0.05, 0.1) is 11.9 Å². The van der Waals surface area contributed by atoms with Gasteiger partial charge in [-0.1, -0.05) is 0 Å². The molecule has 0 aromatic carbocycles. The molecule has 1 aromatic rings. The third-order valence-electron chi connectivity index (χ3n) is 1.14. The summed E-state index contributed by atoms with van der Waals surface area (Å²) < 4.78 is 0. The van der Waals surface area contributed by atoms with Crippen LogP contribution in [0.1, 0.15) is 5.56 Å². The van der Waals surface area contributed by atoms with Gasteiger partial charge < -0.3 is 11.5 Å². The zero-order valence-electron chi connectivity index (χ0n) is 5.33. The third-order valence-corrected chi connectivity index (χ3v) is 1.14. The SMILES string of the molecule is N=C(N)c1ccncc1N. The van der Waals surface area contributed by atoms with E-state index in [1.807, 2.05) is 0 Å². The lowest BCUT2D eigenvalue weighted by atomic mass is 10.2. The smallest absolute Gasteiger partial charge is 0.124 e. The number of nitrogens with one attached hydrogen (secondary N) is 1. The standard InChI is InChI=1S/C6H8N4/c7-5-3-10-2-1-4(5)6(8)9/h1-3H,7H2,(H3,8,9).